The number of Topliss-reactive ketones (excluding diaryl/α,β-unsaturated/α-hetero) is 1. The second-order valence-electron chi connectivity index (χ2n) is 8.62. The maximum atomic E-state index is 13.2. The number of fused-ring (bicyclic) bond motifs is 2. The van der Waals surface area contributed by atoms with Crippen molar-refractivity contribution in [3.63, 3.8) is 0 Å². The monoisotopic (exact) mass is 402 g/mol. The van der Waals surface area contributed by atoms with Gasteiger partial charge in [0.15, 0.2) is 5.76 Å². The first-order valence-electron chi connectivity index (χ1n) is 10.3. The maximum absolute atomic E-state index is 13.2. The molecule has 6 nitrogen and oxygen atoms in total. The number of esters is 2. The van der Waals surface area contributed by atoms with E-state index in [-0.39, 0.29) is 35.5 Å². The van der Waals surface area contributed by atoms with Gasteiger partial charge in [-0.3, -0.25) is 9.59 Å². The normalized spacial score (nSPS) is 31.7. The predicted molar refractivity (Wildman–Crippen MR) is 106 cm³/mol. The molecule has 0 aliphatic heterocycles. The number of rotatable bonds is 4. The van der Waals surface area contributed by atoms with E-state index in [9.17, 15) is 14.4 Å². The highest BCUT2D eigenvalue weighted by Gasteiger charge is 2.61. The minimum atomic E-state index is -0.708. The molecule has 1 fully saturated rings. The van der Waals surface area contributed by atoms with E-state index in [1.54, 1.807) is 6.26 Å². The van der Waals surface area contributed by atoms with Crippen LogP contribution in [0.5, 0.6) is 0 Å². The zero-order valence-corrected chi connectivity index (χ0v) is 18.0. The molecular weight excluding hydrogens is 372 g/mol. The van der Waals surface area contributed by atoms with Gasteiger partial charge in [-0.2, -0.15) is 0 Å². The molecule has 158 valence electrons. The van der Waals surface area contributed by atoms with Crippen molar-refractivity contribution in [2.24, 2.45) is 17.3 Å². The number of allylic oxidation sites excluding steroid dienone is 1. The lowest BCUT2D eigenvalue weighted by atomic mass is 9.53. The Kier molecular flexibility index (Phi) is 5.74. The molecule has 1 aromatic heterocycles. The largest absolute Gasteiger partial charge is 0.462 e. The van der Waals surface area contributed by atoms with Crippen LogP contribution in [-0.2, 0) is 19.1 Å². The van der Waals surface area contributed by atoms with Crippen LogP contribution in [0.25, 0.3) is 0 Å². The second kappa shape index (κ2) is 7.81. The van der Waals surface area contributed by atoms with Gasteiger partial charge in [-0.15, -0.1) is 0 Å². The van der Waals surface area contributed by atoms with Crippen molar-refractivity contribution in [1.82, 2.24) is 0 Å². The number of aryl methyl sites for hydroxylation is 1. The van der Waals surface area contributed by atoms with Crippen molar-refractivity contribution in [3.05, 3.63) is 34.8 Å². The lowest BCUT2D eigenvalue weighted by molar-refractivity contribution is -0.178. The molecule has 0 amide bonds. The average Bonchev–Trinajstić information content (AvgIpc) is 3.03. The molecule has 5 atom stereocenters. The molecule has 3 rings (SSSR count). The molecule has 29 heavy (non-hydrogen) atoms. The summed E-state index contributed by atoms with van der Waals surface area (Å²) in [6, 6.07) is 0. The van der Waals surface area contributed by atoms with Gasteiger partial charge in [-0.25, -0.2) is 4.79 Å². The second-order valence-corrected chi connectivity index (χ2v) is 8.62. The van der Waals surface area contributed by atoms with Crippen LogP contribution in [0.2, 0.25) is 0 Å². The number of furan rings is 1. The summed E-state index contributed by atoms with van der Waals surface area (Å²) in [5.74, 6) is -1.09. The average molecular weight is 402 g/mol. The fourth-order valence-electron chi connectivity index (χ4n) is 4.90. The molecule has 0 bridgehead atoms. The Morgan fingerprint density at radius 3 is 2.59 bits per heavy atom. The molecule has 0 spiro atoms. The summed E-state index contributed by atoms with van der Waals surface area (Å²) in [6.45, 7) is 11.0. The molecule has 0 saturated heterocycles. The molecule has 2 aliphatic rings. The number of carbonyl (C=O) groups excluding carboxylic acids is 3. The summed E-state index contributed by atoms with van der Waals surface area (Å²) in [4.78, 5) is 37.5. The topological polar surface area (TPSA) is 82.8 Å². The van der Waals surface area contributed by atoms with E-state index in [1.165, 1.54) is 13.0 Å². The SMILES string of the molecule is CCC(C)=CC(=O)OC1c2c(C)coc2C(=O)C2CCC(OC(C)=O)C(C)C21C. The summed E-state index contributed by atoms with van der Waals surface area (Å²) in [5.41, 5.74) is 1.63. The molecule has 1 heterocycles. The van der Waals surface area contributed by atoms with E-state index < -0.39 is 17.5 Å². The third kappa shape index (κ3) is 3.53. The minimum absolute atomic E-state index is 0.0590. The quantitative estimate of drug-likeness (QED) is 0.536. The van der Waals surface area contributed by atoms with Crippen LogP contribution >= 0.6 is 0 Å². The van der Waals surface area contributed by atoms with Crippen molar-refractivity contribution in [2.45, 2.75) is 73.0 Å². The van der Waals surface area contributed by atoms with Crippen LogP contribution < -0.4 is 0 Å². The summed E-state index contributed by atoms with van der Waals surface area (Å²) in [7, 11) is 0. The molecular formula is C23H30O6. The summed E-state index contributed by atoms with van der Waals surface area (Å²) in [5, 5.41) is 0. The first-order chi connectivity index (χ1) is 13.6. The van der Waals surface area contributed by atoms with Crippen LogP contribution in [0.1, 0.15) is 81.7 Å². The van der Waals surface area contributed by atoms with Crippen molar-refractivity contribution in [2.75, 3.05) is 0 Å². The van der Waals surface area contributed by atoms with Gasteiger partial charge < -0.3 is 13.9 Å². The van der Waals surface area contributed by atoms with Crippen LogP contribution in [0.3, 0.4) is 0 Å². The van der Waals surface area contributed by atoms with Gasteiger partial charge in [0.25, 0.3) is 0 Å². The van der Waals surface area contributed by atoms with Crippen molar-refractivity contribution < 1.29 is 28.3 Å². The number of carbonyl (C=O) groups is 3. The van der Waals surface area contributed by atoms with Gasteiger partial charge in [0.1, 0.15) is 12.2 Å². The van der Waals surface area contributed by atoms with E-state index >= 15 is 0 Å². The molecule has 6 heteroatoms. The summed E-state index contributed by atoms with van der Waals surface area (Å²) < 4.78 is 17.2. The fraction of sp³-hybridized carbons (Fsp3) is 0.609. The Hall–Kier alpha value is -2.37. The van der Waals surface area contributed by atoms with Gasteiger partial charge in [0.2, 0.25) is 5.78 Å². The molecule has 1 saturated carbocycles. The lowest BCUT2D eigenvalue weighted by Crippen LogP contribution is -2.55. The van der Waals surface area contributed by atoms with E-state index in [4.69, 9.17) is 13.9 Å². The standard InChI is InChI=1S/C23H30O6/c1-7-12(2)10-18(25)29-22-19-13(3)11-27-21(19)20(26)16-8-9-17(28-15(5)24)14(4)23(16,22)6/h10-11,14,16-17,22H,7-9H2,1-6H3. The summed E-state index contributed by atoms with van der Waals surface area (Å²) >= 11 is 0. The van der Waals surface area contributed by atoms with Gasteiger partial charge in [-0.1, -0.05) is 26.3 Å². The van der Waals surface area contributed by atoms with E-state index in [2.05, 4.69) is 0 Å². The Labute approximate surface area is 171 Å². The molecule has 0 N–H and O–H groups in total. The zero-order chi connectivity index (χ0) is 21.5. The lowest BCUT2D eigenvalue weighted by Gasteiger charge is -2.53. The highest BCUT2D eigenvalue weighted by atomic mass is 16.6. The first-order valence-corrected chi connectivity index (χ1v) is 10.3. The maximum Gasteiger partial charge on any atom is 0.331 e. The van der Waals surface area contributed by atoms with Crippen LogP contribution in [0.4, 0.5) is 0 Å². The third-order valence-corrected chi connectivity index (χ3v) is 6.89. The minimum Gasteiger partial charge on any atom is -0.462 e. The van der Waals surface area contributed by atoms with Crippen molar-refractivity contribution >= 4 is 17.7 Å². The number of ether oxygens (including phenoxy) is 2. The van der Waals surface area contributed by atoms with Crippen molar-refractivity contribution in [3.8, 4) is 0 Å². The number of hydrogen-bond donors (Lipinski definition) is 0. The van der Waals surface area contributed by atoms with Crippen molar-refractivity contribution in [1.29, 1.82) is 0 Å². The van der Waals surface area contributed by atoms with E-state index in [0.29, 0.717) is 18.4 Å². The smallest absolute Gasteiger partial charge is 0.331 e. The Morgan fingerprint density at radius 2 is 1.97 bits per heavy atom. The van der Waals surface area contributed by atoms with Gasteiger partial charge in [-0.05, 0) is 38.7 Å². The number of ketones is 1. The Balaban J connectivity index is 2.09. The van der Waals surface area contributed by atoms with Gasteiger partial charge >= 0.3 is 11.9 Å². The molecule has 2 aliphatic carbocycles. The van der Waals surface area contributed by atoms with Crippen LogP contribution in [-0.4, -0.2) is 23.8 Å². The van der Waals surface area contributed by atoms with Crippen LogP contribution in [0.15, 0.2) is 22.3 Å². The first kappa shape index (κ1) is 21.3. The Morgan fingerprint density at radius 1 is 1.28 bits per heavy atom. The van der Waals surface area contributed by atoms with Crippen LogP contribution in [0, 0.1) is 24.2 Å². The Bertz CT molecular complexity index is 863. The summed E-state index contributed by atoms with van der Waals surface area (Å²) in [6.07, 6.45) is 3.96. The van der Waals surface area contributed by atoms with Gasteiger partial charge in [0.05, 0.1) is 6.26 Å². The zero-order valence-electron chi connectivity index (χ0n) is 18.0. The third-order valence-electron chi connectivity index (χ3n) is 6.89. The fourth-order valence-corrected chi connectivity index (χ4v) is 4.90. The van der Waals surface area contributed by atoms with Gasteiger partial charge in [0, 0.05) is 35.8 Å². The van der Waals surface area contributed by atoms with E-state index in [0.717, 1.165) is 17.6 Å². The number of hydrogen-bond acceptors (Lipinski definition) is 6. The molecule has 5 unspecified atom stereocenters. The van der Waals surface area contributed by atoms with E-state index in [1.807, 2.05) is 34.6 Å². The molecule has 1 aromatic rings. The molecule has 0 radical (unpaired) electrons. The highest BCUT2D eigenvalue weighted by molar-refractivity contribution is 5.99. The predicted octanol–water partition coefficient (Wildman–Crippen LogP) is 4.71. The highest BCUT2D eigenvalue weighted by Crippen LogP contribution is 2.59. The molecule has 0 aromatic carbocycles.